The molecule has 142 valence electrons. The number of hydrogen-bond acceptors (Lipinski definition) is 5. The number of aliphatic carboxylic acids is 1. The number of aliphatic hydroxyl groups is 1. The Hall–Kier alpha value is -3.65. The summed E-state index contributed by atoms with van der Waals surface area (Å²) in [6.07, 6.45) is 0.555. The summed E-state index contributed by atoms with van der Waals surface area (Å²) >= 11 is 0. The molecule has 0 fully saturated rings. The van der Waals surface area contributed by atoms with E-state index in [0.29, 0.717) is 6.08 Å². The van der Waals surface area contributed by atoms with Crippen LogP contribution in [0.2, 0.25) is 0 Å². The number of aliphatic hydroxyl groups excluding tert-OH is 1. The molecule has 0 aliphatic rings. The van der Waals surface area contributed by atoms with Gasteiger partial charge in [0.15, 0.2) is 5.78 Å². The largest absolute Gasteiger partial charge is 0.502 e. The molecule has 3 aromatic rings. The van der Waals surface area contributed by atoms with Gasteiger partial charge in [0.2, 0.25) is 5.76 Å². The van der Waals surface area contributed by atoms with Gasteiger partial charge >= 0.3 is 5.97 Å². The van der Waals surface area contributed by atoms with Gasteiger partial charge in [-0.05, 0) is 35.0 Å². The average Bonchev–Trinajstić information content (AvgIpc) is 2.67. The number of allylic oxidation sites excluding steroid dienone is 1. The second-order valence-electron chi connectivity index (χ2n) is 5.89. The Morgan fingerprint density at radius 2 is 1.57 bits per heavy atom. The predicted molar refractivity (Wildman–Crippen MR) is 104 cm³/mol. The molecule has 0 saturated heterocycles. The van der Waals surface area contributed by atoms with Gasteiger partial charge in [-0.15, -0.1) is 0 Å². The van der Waals surface area contributed by atoms with Crippen molar-refractivity contribution in [1.82, 2.24) is 0 Å². The van der Waals surface area contributed by atoms with Crippen LogP contribution in [-0.4, -0.2) is 30.4 Å². The topological polar surface area (TPSA) is 121 Å². The summed E-state index contributed by atoms with van der Waals surface area (Å²) in [6.45, 7) is 0. The fourth-order valence-electron chi connectivity index (χ4n) is 2.55. The van der Waals surface area contributed by atoms with E-state index in [1.165, 1.54) is 30.3 Å². The normalized spacial score (nSPS) is 11.9. The Labute approximate surface area is 160 Å². The number of rotatable bonds is 6. The fraction of sp³-hybridized carbons (Fsp3) is 0. The highest BCUT2D eigenvalue weighted by Gasteiger charge is 2.16. The molecule has 0 aromatic heterocycles. The minimum atomic E-state index is -3.90. The van der Waals surface area contributed by atoms with E-state index in [2.05, 4.69) is 4.72 Å². The van der Waals surface area contributed by atoms with Crippen molar-refractivity contribution in [3.8, 4) is 0 Å². The second kappa shape index (κ2) is 7.53. The lowest BCUT2D eigenvalue weighted by Crippen LogP contribution is -2.13. The molecule has 3 aromatic carbocycles. The highest BCUT2D eigenvalue weighted by molar-refractivity contribution is 7.92. The lowest BCUT2D eigenvalue weighted by Gasteiger charge is -2.10. The van der Waals surface area contributed by atoms with Crippen LogP contribution in [0.15, 0.2) is 83.5 Å². The van der Waals surface area contributed by atoms with E-state index in [4.69, 9.17) is 5.11 Å². The van der Waals surface area contributed by atoms with Gasteiger partial charge in [-0.2, -0.15) is 0 Å². The molecular weight excluding hydrogens is 382 g/mol. The van der Waals surface area contributed by atoms with Gasteiger partial charge in [-0.3, -0.25) is 9.52 Å². The number of sulfonamides is 1. The van der Waals surface area contributed by atoms with E-state index >= 15 is 0 Å². The number of fused-ring (bicyclic) bond motifs is 1. The molecule has 0 radical (unpaired) electrons. The van der Waals surface area contributed by atoms with Crippen molar-refractivity contribution in [3.63, 3.8) is 0 Å². The summed E-state index contributed by atoms with van der Waals surface area (Å²) in [4.78, 5) is 22.7. The van der Waals surface area contributed by atoms with Gasteiger partial charge in [0.1, 0.15) is 0 Å². The zero-order valence-electron chi connectivity index (χ0n) is 14.4. The zero-order chi connectivity index (χ0) is 20.3. The molecule has 0 heterocycles. The highest BCUT2D eigenvalue weighted by Crippen LogP contribution is 2.22. The van der Waals surface area contributed by atoms with Crippen LogP contribution in [0.1, 0.15) is 10.4 Å². The summed E-state index contributed by atoms with van der Waals surface area (Å²) in [5, 5.41) is 19.5. The molecule has 3 N–H and O–H groups in total. The first-order valence-electron chi connectivity index (χ1n) is 8.06. The smallest absolute Gasteiger partial charge is 0.371 e. The van der Waals surface area contributed by atoms with Crippen molar-refractivity contribution < 1.29 is 28.2 Å². The number of ketones is 1. The molecule has 0 saturated carbocycles. The number of carboxylic acid groups (broad SMARTS) is 1. The van der Waals surface area contributed by atoms with Crippen LogP contribution in [0.3, 0.4) is 0 Å². The van der Waals surface area contributed by atoms with Gasteiger partial charge in [0.05, 0.1) is 4.90 Å². The number of nitrogens with one attached hydrogen (secondary N) is 1. The summed E-state index contributed by atoms with van der Waals surface area (Å²) in [7, 11) is -3.90. The van der Waals surface area contributed by atoms with Crippen molar-refractivity contribution in [1.29, 1.82) is 0 Å². The number of hydrogen-bond donors (Lipinski definition) is 3. The third-order valence-corrected chi connectivity index (χ3v) is 5.30. The number of carboxylic acids is 1. The van der Waals surface area contributed by atoms with Gasteiger partial charge in [-0.25, -0.2) is 13.2 Å². The van der Waals surface area contributed by atoms with E-state index < -0.39 is 27.5 Å². The van der Waals surface area contributed by atoms with Crippen LogP contribution in [-0.2, 0) is 14.8 Å². The Balaban J connectivity index is 1.89. The minimum Gasteiger partial charge on any atom is -0.502 e. The minimum absolute atomic E-state index is 0.0199. The van der Waals surface area contributed by atoms with Crippen LogP contribution in [0, 0.1) is 0 Å². The highest BCUT2D eigenvalue weighted by atomic mass is 32.2. The summed E-state index contributed by atoms with van der Waals surface area (Å²) in [5.74, 6) is -3.51. The molecule has 0 aliphatic heterocycles. The average molecular weight is 397 g/mol. The van der Waals surface area contributed by atoms with E-state index in [0.717, 1.165) is 10.8 Å². The number of anilines is 1. The van der Waals surface area contributed by atoms with Crippen LogP contribution < -0.4 is 4.72 Å². The van der Waals surface area contributed by atoms with Crippen LogP contribution in [0.25, 0.3) is 10.8 Å². The quantitative estimate of drug-likeness (QED) is 0.333. The third-order valence-electron chi connectivity index (χ3n) is 3.92. The van der Waals surface area contributed by atoms with E-state index in [9.17, 15) is 23.1 Å². The SMILES string of the molecule is O=C(O)/C(O)=C/C(=O)c1cccc(NS(=O)(=O)c2ccc3ccccc3c2)c1. The van der Waals surface area contributed by atoms with Crippen molar-refractivity contribution in [3.05, 3.63) is 84.1 Å². The first-order chi connectivity index (χ1) is 13.3. The Morgan fingerprint density at radius 3 is 2.29 bits per heavy atom. The van der Waals surface area contributed by atoms with Gasteiger partial charge in [0.25, 0.3) is 10.0 Å². The first-order valence-corrected chi connectivity index (χ1v) is 9.54. The molecule has 0 bridgehead atoms. The number of benzene rings is 3. The Morgan fingerprint density at radius 1 is 0.857 bits per heavy atom. The van der Waals surface area contributed by atoms with Gasteiger partial charge < -0.3 is 10.2 Å². The summed E-state index contributed by atoms with van der Waals surface area (Å²) < 4.78 is 27.7. The maximum absolute atomic E-state index is 12.7. The van der Waals surface area contributed by atoms with Crippen molar-refractivity contribution >= 4 is 38.2 Å². The molecule has 0 unspecified atom stereocenters. The molecule has 0 amide bonds. The third kappa shape index (κ3) is 4.18. The standard InChI is InChI=1S/C20H15NO6S/c22-18(12-19(23)20(24)25)15-6-3-7-16(10-15)21-28(26,27)17-9-8-13-4-1-2-5-14(13)11-17/h1-12,21,23H,(H,24,25)/b19-12-. The van der Waals surface area contributed by atoms with E-state index in [1.807, 2.05) is 12.1 Å². The lowest BCUT2D eigenvalue weighted by atomic mass is 10.1. The zero-order valence-corrected chi connectivity index (χ0v) is 15.2. The molecule has 3 rings (SSSR count). The Kier molecular flexibility index (Phi) is 5.14. The van der Waals surface area contributed by atoms with Crippen LogP contribution in [0.4, 0.5) is 5.69 Å². The first kappa shape index (κ1) is 19.1. The molecule has 7 nitrogen and oxygen atoms in total. The maximum Gasteiger partial charge on any atom is 0.371 e. The monoisotopic (exact) mass is 397 g/mol. The molecule has 28 heavy (non-hydrogen) atoms. The molecular formula is C20H15NO6S. The number of carbonyl (C=O) groups is 2. The molecule has 8 heteroatoms. The molecule has 0 aliphatic carbocycles. The van der Waals surface area contributed by atoms with Crippen LogP contribution in [0.5, 0.6) is 0 Å². The van der Waals surface area contributed by atoms with Crippen molar-refractivity contribution in [2.45, 2.75) is 4.90 Å². The van der Waals surface area contributed by atoms with Gasteiger partial charge in [0, 0.05) is 17.3 Å². The predicted octanol–water partition coefficient (Wildman–Crippen LogP) is 3.35. The van der Waals surface area contributed by atoms with Gasteiger partial charge in [-0.1, -0.05) is 42.5 Å². The van der Waals surface area contributed by atoms with E-state index in [1.54, 1.807) is 24.3 Å². The summed E-state index contributed by atoms with van der Waals surface area (Å²) in [5.41, 5.74) is 0.147. The van der Waals surface area contributed by atoms with Crippen molar-refractivity contribution in [2.75, 3.05) is 4.72 Å². The Bertz CT molecular complexity index is 1210. The summed E-state index contributed by atoms with van der Waals surface area (Å²) in [6, 6.07) is 17.6. The fourth-order valence-corrected chi connectivity index (χ4v) is 3.64. The maximum atomic E-state index is 12.7. The molecule has 0 spiro atoms. The van der Waals surface area contributed by atoms with E-state index in [-0.39, 0.29) is 16.1 Å². The number of carbonyl (C=O) groups excluding carboxylic acids is 1. The van der Waals surface area contributed by atoms with Crippen molar-refractivity contribution in [2.24, 2.45) is 0 Å². The van der Waals surface area contributed by atoms with Crippen LogP contribution >= 0.6 is 0 Å². The second-order valence-corrected chi connectivity index (χ2v) is 7.58. The lowest BCUT2D eigenvalue weighted by molar-refractivity contribution is -0.135. The molecule has 0 atom stereocenters.